The Balaban J connectivity index is 2.12. The van der Waals surface area contributed by atoms with Gasteiger partial charge in [0.25, 0.3) is 0 Å². The number of pyridine rings is 1. The van der Waals surface area contributed by atoms with Gasteiger partial charge in [0.1, 0.15) is 17.5 Å². The molecule has 2 heterocycles. The Bertz CT molecular complexity index is 826. The first-order valence-corrected chi connectivity index (χ1v) is 6.79. The number of nitrogens with two attached hydrogens (primary N) is 1. The van der Waals surface area contributed by atoms with Crippen LogP contribution in [0, 0.1) is 20.8 Å². The normalized spacial score (nSPS) is 10.8. The van der Waals surface area contributed by atoms with Gasteiger partial charge in [0.05, 0.1) is 11.2 Å². The number of nitrogens with zero attached hydrogens (tertiary/aromatic N) is 3. The monoisotopic (exact) mass is 279 g/mol. The van der Waals surface area contributed by atoms with Gasteiger partial charge in [-0.25, -0.2) is 9.97 Å². The van der Waals surface area contributed by atoms with E-state index < -0.39 is 0 Å². The lowest BCUT2D eigenvalue weighted by Crippen LogP contribution is -2.05. The van der Waals surface area contributed by atoms with Crippen molar-refractivity contribution in [1.29, 1.82) is 0 Å². The van der Waals surface area contributed by atoms with E-state index >= 15 is 0 Å². The predicted molar refractivity (Wildman–Crippen MR) is 85.7 cm³/mol. The van der Waals surface area contributed by atoms with Gasteiger partial charge in [-0.05, 0) is 32.9 Å². The van der Waals surface area contributed by atoms with Crippen LogP contribution < -0.4 is 11.1 Å². The van der Waals surface area contributed by atoms with Crippen LogP contribution in [0.1, 0.15) is 17.1 Å². The molecule has 0 bridgehead atoms. The molecule has 21 heavy (non-hydrogen) atoms. The summed E-state index contributed by atoms with van der Waals surface area (Å²) in [5.41, 5.74) is 9.56. The van der Waals surface area contributed by atoms with E-state index in [2.05, 4.69) is 26.3 Å². The summed E-state index contributed by atoms with van der Waals surface area (Å²) in [6, 6.07) is 10.1. The van der Waals surface area contributed by atoms with Gasteiger partial charge in [0.15, 0.2) is 0 Å². The fourth-order valence-corrected chi connectivity index (χ4v) is 2.24. The van der Waals surface area contributed by atoms with E-state index in [-0.39, 0.29) is 0 Å². The first-order chi connectivity index (χ1) is 10.0. The van der Waals surface area contributed by atoms with Gasteiger partial charge in [-0.2, -0.15) is 0 Å². The number of hydrogen-bond acceptors (Lipinski definition) is 5. The van der Waals surface area contributed by atoms with Crippen LogP contribution in [0.5, 0.6) is 0 Å². The zero-order valence-corrected chi connectivity index (χ0v) is 12.3. The van der Waals surface area contributed by atoms with E-state index in [1.54, 1.807) is 0 Å². The summed E-state index contributed by atoms with van der Waals surface area (Å²) in [6.07, 6.45) is 0. The lowest BCUT2D eigenvalue weighted by Gasteiger charge is -2.12. The predicted octanol–water partition coefficient (Wildman–Crippen LogP) is 3.28. The Hall–Kier alpha value is -2.69. The molecule has 5 heteroatoms. The lowest BCUT2D eigenvalue weighted by atomic mass is 10.1. The highest BCUT2D eigenvalue weighted by Crippen LogP contribution is 2.27. The molecular weight excluding hydrogens is 262 g/mol. The SMILES string of the molecule is Cc1ccc2cccc(Nc3nc(C)nc(N)c3C)c2n1. The number of para-hydroxylation sites is 1. The minimum atomic E-state index is 0.495. The summed E-state index contributed by atoms with van der Waals surface area (Å²) in [5, 5.41) is 4.42. The molecule has 3 aromatic rings. The number of benzene rings is 1. The van der Waals surface area contributed by atoms with Gasteiger partial charge in [0, 0.05) is 16.6 Å². The summed E-state index contributed by atoms with van der Waals surface area (Å²) >= 11 is 0. The van der Waals surface area contributed by atoms with Crippen molar-refractivity contribution in [3.05, 3.63) is 47.4 Å². The molecule has 0 aliphatic carbocycles. The van der Waals surface area contributed by atoms with Crippen molar-refractivity contribution in [2.45, 2.75) is 20.8 Å². The van der Waals surface area contributed by atoms with Crippen molar-refractivity contribution in [1.82, 2.24) is 15.0 Å². The highest BCUT2D eigenvalue weighted by Gasteiger charge is 2.09. The van der Waals surface area contributed by atoms with Gasteiger partial charge in [-0.3, -0.25) is 4.98 Å². The molecule has 5 nitrogen and oxygen atoms in total. The number of aromatic nitrogens is 3. The third-order valence-electron chi connectivity index (χ3n) is 3.41. The molecule has 0 fully saturated rings. The van der Waals surface area contributed by atoms with Gasteiger partial charge in [-0.1, -0.05) is 18.2 Å². The molecule has 1 aromatic carbocycles. The second kappa shape index (κ2) is 5.01. The van der Waals surface area contributed by atoms with Crippen LogP contribution >= 0.6 is 0 Å². The second-order valence-corrected chi connectivity index (χ2v) is 5.08. The zero-order chi connectivity index (χ0) is 15.0. The molecule has 3 N–H and O–H groups in total. The average molecular weight is 279 g/mol. The number of anilines is 3. The van der Waals surface area contributed by atoms with E-state index in [0.717, 1.165) is 33.7 Å². The van der Waals surface area contributed by atoms with E-state index in [9.17, 15) is 0 Å². The van der Waals surface area contributed by atoms with Crippen LogP contribution in [0.25, 0.3) is 10.9 Å². The lowest BCUT2D eigenvalue weighted by molar-refractivity contribution is 1.04. The Labute approximate surface area is 123 Å². The fraction of sp³-hybridized carbons (Fsp3) is 0.188. The summed E-state index contributed by atoms with van der Waals surface area (Å²) < 4.78 is 0. The summed E-state index contributed by atoms with van der Waals surface area (Å²) in [5.74, 6) is 1.86. The Morgan fingerprint density at radius 2 is 1.76 bits per heavy atom. The minimum Gasteiger partial charge on any atom is -0.383 e. The van der Waals surface area contributed by atoms with Gasteiger partial charge < -0.3 is 11.1 Å². The molecule has 0 spiro atoms. The quantitative estimate of drug-likeness (QED) is 0.752. The Kier molecular flexibility index (Phi) is 3.17. The molecule has 106 valence electrons. The summed E-state index contributed by atoms with van der Waals surface area (Å²) in [4.78, 5) is 13.2. The van der Waals surface area contributed by atoms with Gasteiger partial charge >= 0.3 is 0 Å². The molecule has 0 atom stereocenters. The third-order valence-corrected chi connectivity index (χ3v) is 3.41. The van der Waals surface area contributed by atoms with Crippen molar-refractivity contribution in [3.63, 3.8) is 0 Å². The van der Waals surface area contributed by atoms with Crippen molar-refractivity contribution in [2.75, 3.05) is 11.1 Å². The smallest absolute Gasteiger partial charge is 0.139 e. The second-order valence-electron chi connectivity index (χ2n) is 5.08. The van der Waals surface area contributed by atoms with Crippen LogP contribution in [-0.2, 0) is 0 Å². The number of hydrogen-bond donors (Lipinski definition) is 2. The van der Waals surface area contributed by atoms with Crippen molar-refractivity contribution >= 4 is 28.2 Å². The number of fused-ring (bicyclic) bond motifs is 1. The molecule has 2 aromatic heterocycles. The molecule has 0 saturated heterocycles. The van der Waals surface area contributed by atoms with E-state index in [0.29, 0.717) is 11.6 Å². The van der Waals surface area contributed by atoms with E-state index in [4.69, 9.17) is 5.73 Å². The molecular formula is C16H17N5. The van der Waals surface area contributed by atoms with Crippen molar-refractivity contribution < 1.29 is 0 Å². The molecule has 0 radical (unpaired) electrons. The Morgan fingerprint density at radius 3 is 2.57 bits per heavy atom. The average Bonchev–Trinajstić information content (AvgIpc) is 2.45. The topological polar surface area (TPSA) is 76.7 Å². The van der Waals surface area contributed by atoms with Crippen molar-refractivity contribution in [2.24, 2.45) is 0 Å². The van der Waals surface area contributed by atoms with Crippen LogP contribution in [-0.4, -0.2) is 15.0 Å². The van der Waals surface area contributed by atoms with Gasteiger partial charge in [-0.15, -0.1) is 0 Å². The number of aryl methyl sites for hydroxylation is 2. The maximum Gasteiger partial charge on any atom is 0.139 e. The third kappa shape index (κ3) is 2.50. The molecule has 3 rings (SSSR count). The van der Waals surface area contributed by atoms with Crippen LogP contribution in [0.3, 0.4) is 0 Å². The van der Waals surface area contributed by atoms with Crippen LogP contribution in [0.15, 0.2) is 30.3 Å². The first kappa shape index (κ1) is 13.3. The zero-order valence-electron chi connectivity index (χ0n) is 12.3. The standard InChI is InChI=1S/C16H17N5/c1-9-7-8-12-5-4-6-13(14(12)18-9)21-16-10(2)15(17)19-11(3)20-16/h4-8H,1-3H3,(H3,17,19,20,21). The maximum absolute atomic E-state index is 5.91. The molecule has 0 aliphatic rings. The number of nitrogens with one attached hydrogen (secondary N) is 1. The summed E-state index contributed by atoms with van der Waals surface area (Å²) in [7, 11) is 0. The molecule has 0 saturated carbocycles. The number of nitrogen functional groups attached to an aromatic ring is 1. The van der Waals surface area contributed by atoms with Crippen LogP contribution in [0.2, 0.25) is 0 Å². The maximum atomic E-state index is 5.91. The number of rotatable bonds is 2. The Morgan fingerprint density at radius 1 is 0.952 bits per heavy atom. The first-order valence-electron chi connectivity index (χ1n) is 6.79. The van der Waals surface area contributed by atoms with Crippen LogP contribution in [0.4, 0.5) is 17.3 Å². The summed E-state index contributed by atoms with van der Waals surface area (Å²) in [6.45, 7) is 5.71. The molecule has 0 amide bonds. The highest BCUT2D eigenvalue weighted by molar-refractivity contribution is 5.92. The van der Waals surface area contributed by atoms with Crippen molar-refractivity contribution in [3.8, 4) is 0 Å². The van der Waals surface area contributed by atoms with E-state index in [1.807, 2.05) is 45.0 Å². The fourth-order valence-electron chi connectivity index (χ4n) is 2.24. The molecule has 0 aliphatic heterocycles. The minimum absolute atomic E-state index is 0.495. The van der Waals surface area contributed by atoms with E-state index in [1.165, 1.54) is 0 Å². The largest absolute Gasteiger partial charge is 0.383 e. The van der Waals surface area contributed by atoms with Gasteiger partial charge in [0.2, 0.25) is 0 Å². The molecule has 0 unspecified atom stereocenters. The highest BCUT2D eigenvalue weighted by atomic mass is 15.1.